The Morgan fingerprint density at radius 3 is 3.00 bits per heavy atom. The lowest BCUT2D eigenvalue weighted by molar-refractivity contribution is 0.0955. The standard InChI is InChI=1S/C11H8ClN3OS/c12-10-4-3-9(17-10)7-14-15-11(16)8-2-1-5-13-6-8/h1-7H,(H,15,16)/b14-7-. The van der Waals surface area contributed by atoms with E-state index in [9.17, 15) is 4.79 Å². The lowest BCUT2D eigenvalue weighted by Crippen LogP contribution is -2.17. The van der Waals surface area contributed by atoms with E-state index in [4.69, 9.17) is 11.6 Å². The number of aromatic nitrogens is 1. The van der Waals surface area contributed by atoms with Crippen LogP contribution in [0.1, 0.15) is 15.2 Å². The van der Waals surface area contributed by atoms with E-state index < -0.39 is 0 Å². The third-order valence-electron chi connectivity index (χ3n) is 1.88. The molecule has 0 aromatic carbocycles. The number of carbonyl (C=O) groups excluding carboxylic acids is 1. The monoisotopic (exact) mass is 265 g/mol. The maximum Gasteiger partial charge on any atom is 0.272 e. The van der Waals surface area contributed by atoms with E-state index in [1.165, 1.54) is 17.5 Å². The number of thiophene rings is 1. The summed E-state index contributed by atoms with van der Waals surface area (Å²) in [6.45, 7) is 0. The second kappa shape index (κ2) is 5.56. The topological polar surface area (TPSA) is 54.4 Å². The molecule has 17 heavy (non-hydrogen) atoms. The van der Waals surface area contributed by atoms with Crippen molar-refractivity contribution in [1.82, 2.24) is 10.4 Å². The predicted octanol–water partition coefficient (Wildman–Crippen LogP) is 2.56. The van der Waals surface area contributed by atoms with Crippen molar-refractivity contribution in [2.24, 2.45) is 5.10 Å². The molecule has 86 valence electrons. The summed E-state index contributed by atoms with van der Waals surface area (Å²) in [5.41, 5.74) is 2.88. The average Bonchev–Trinajstić information content (AvgIpc) is 2.76. The van der Waals surface area contributed by atoms with Crippen LogP contribution in [0.3, 0.4) is 0 Å². The molecule has 0 bridgehead atoms. The minimum absolute atomic E-state index is 0.294. The quantitative estimate of drug-likeness (QED) is 0.685. The van der Waals surface area contributed by atoms with Gasteiger partial charge in [-0.15, -0.1) is 11.3 Å². The van der Waals surface area contributed by atoms with E-state index in [2.05, 4.69) is 15.5 Å². The van der Waals surface area contributed by atoms with Crippen molar-refractivity contribution in [2.75, 3.05) is 0 Å². The number of amides is 1. The van der Waals surface area contributed by atoms with Crippen molar-refractivity contribution < 1.29 is 4.79 Å². The molecular weight excluding hydrogens is 258 g/mol. The SMILES string of the molecule is O=C(N/N=C\c1ccc(Cl)s1)c1cccnc1. The molecule has 0 saturated carbocycles. The van der Waals surface area contributed by atoms with Gasteiger partial charge >= 0.3 is 0 Å². The highest BCUT2D eigenvalue weighted by molar-refractivity contribution is 7.17. The smallest absolute Gasteiger partial charge is 0.267 e. The normalized spacial score (nSPS) is 10.6. The summed E-state index contributed by atoms with van der Waals surface area (Å²) in [6, 6.07) is 6.96. The largest absolute Gasteiger partial charge is 0.272 e. The molecule has 4 nitrogen and oxygen atoms in total. The van der Waals surface area contributed by atoms with Crippen LogP contribution < -0.4 is 5.43 Å². The van der Waals surface area contributed by atoms with E-state index in [0.29, 0.717) is 9.90 Å². The highest BCUT2D eigenvalue weighted by Gasteiger charge is 2.02. The zero-order chi connectivity index (χ0) is 12.1. The van der Waals surface area contributed by atoms with Gasteiger partial charge < -0.3 is 0 Å². The van der Waals surface area contributed by atoms with E-state index in [0.717, 1.165) is 4.88 Å². The Morgan fingerprint density at radius 1 is 1.47 bits per heavy atom. The van der Waals surface area contributed by atoms with Crippen LogP contribution in [0.5, 0.6) is 0 Å². The molecule has 0 atom stereocenters. The number of rotatable bonds is 3. The molecule has 0 aliphatic heterocycles. The van der Waals surface area contributed by atoms with Crippen LogP contribution in [0.15, 0.2) is 41.8 Å². The molecule has 1 N–H and O–H groups in total. The van der Waals surface area contributed by atoms with Crippen molar-refractivity contribution in [3.63, 3.8) is 0 Å². The number of hydrogen-bond acceptors (Lipinski definition) is 4. The number of hydrazone groups is 1. The van der Waals surface area contributed by atoms with Crippen molar-refractivity contribution in [2.45, 2.75) is 0 Å². The molecular formula is C11H8ClN3OS. The van der Waals surface area contributed by atoms with Gasteiger partial charge in [-0.25, -0.2) is 5.43 Å². The number of carbonyl (C=O) groups is 1. The molecule has 0 spiro atoms. The minimum atomic E-state index is -0.294. The van der Waals surface area contributed by atoms with Gasteiger partial charge in [-0.2, -0.15) is 5.10 Å². The molecule has 0 saturated heterocycles. The third-order valence-corrected chi connectivity index (χ3v) is 3.04. The molecule has 0 fully saturated rings. The first-order valence-corrected chi connectivity index (χ1v) is 5.94. The number of hydrogen-bond donors (Lipinski definition) is 1. The number of nitrogens with one attached hydrogen (secondary N) is 1. The van der Waals surface area contributed by atoms with Crippen LogP contribution in [0, 0.1) is 0 Å². The first kappa shape index (κ1) is 11.8. The van der Waals surface area contributed by atoms with Gasteiger partial charge in [0, 0.05) is 17.3 Å². The fourth-order valence-electron chi connectivity index (χ4n) is 1.11. The van der Waals surface area contributed by atoms with Gasteiger partial charge in [0.1, 0.15) is 0 Å². The maximum atomic E-state index is 11.6. The summed E-state index contributed by atoms with van der Waals surface area (Å²) in [4.78, 5) is 16.3. The summed E-state index contributed by atoms with van der Waals surface area (Å²) in [5.74, 6) is -0.294. The highest BCUT2D eigenvalue weighted by Crippen LogP contribution is 2.19. The zero-order valence-corrected chi connectivity index (χ0v) is 10.2. The van der Waals surface area contributed by atoms with Crippen molar-refractivity contribution in [3.05, 3.63) is 51.4 Å². The zero-order valence-electron chi connectivity index (χ0n) is 8.63. The second-order valence-electron chi connectivity index (χ2n) is 3.08. The van der Waals surface area contributed by atoms with Gasteiger partial charge in [0.2, 0.25) is 0 Å². The fraction of sp³-hybridized carbons (Fsp3) is 0. The van der Waals surface area contributed by atoms with Gasteiger partial charge in [0.05, 0.1) is 16.1 Å². The Hall–Kier alpha value is -1.72. The van der Waals surface area contributed by atoms with Crippen LogP contribution in [-0.2, 0) is 0 Å². The van der Waals surface area contributed by atoms with Gasteiger partial charge in [0.15, 0.2) is 0 Å². The molecule has 2 heterocycles. The van der Waals surface area contributed by atoms with Crippen LogP contribution >= 0.6 is 22.9 Å². The molecule has 0 aliphatic rings. The van der Waals surface area contributed by atoms with Crippen LogP contribution in [0.2, 0.25) is 4.34 Å². The Kier molecular flexibility index (Phi) is 3.85. The lowest BCUT2D eigenvalue weighted by Gasteiger charge is -1.97. The van der Waals surface area contributed by atoms with E-state index >= 15 is 0 Å². The van der Waals surface area contributed by atoms with Crippen LogP contribution in [-0.4, -0.2) is 17.1 Å². The third kappa shape index (κ3) is 3.37. The first-order chi connectivity index (χ1) is 8.25. The van der Waals surface area contributed by atoms with Crippen LogP contribution in [0.4, 0.5) is 0 Å². The maximum absolute atomic E-state index is 11.6. The molecule has 2 rings (SSSR count). The number of pyridine rings is 1. The van der Waals surface area contributed by atoms with Gasteiger partial charge in [0.25, 0.3) is 5.91 Å². The van der Waals surface area contributed by atoms with Crippen molar-refractivity contribution in [3.8, 4) is 0 Å². The van der Waals surface area contributed by atoms with Crippen LogP contribution in [0.25, 0.3) is 0 Å². The van der Waals surface area contributed by atoms with E-state index in [-0.39, 0.29) is 5.91 Å². The molecule has 6 heteroatoms. The molecule has 1 amide bonds. The highest BCUT2D eigenvalue weighted by atomic mass is 35.5. The summed E-state index contributed by atoms with van der Waals surface area (Å²) in [5, 5.41) is 3.83. The Labute approximate surface area is 107 Å². The first-order valence-electron chi connectivity index (χ1n) is 4.74. The molecule has 0 unspecified atom stereocenters. The Balaban J connectivity index is 1.95. The summed E-state index contributed by atoms with van der Waals surface area (Å²) >= 11 is 7.15. The van der Waals surface area contributed by atoms with Gasteiger partial charge in [-0.05, 0) is 24.3 Å². The summed E-state index contributed by atoms with van der Waals surface area (Å²) in [7, 11) is 0. The molecule has 0 aliphatic carbocycles. The van der Waals surface area contributed by atoms with E-state index in [1.54, 1.807) is 30.6 Å². The summed E-state index contributed by atoms with van der Waals surface area (Å²) in [6.07, 6.45) is 4.63. The number of nitrogens with zero attached hydrogens (tertiary/aromatic N) is 2. The second-order valence-corrected chi connectivity index (χ2v) is 4.83. The van der Waals surface area contributed by atoms with Gasteiger partial charge in [-0.3, -0.25) is 9.78 Å². The molecule has 2 aromatic heterocycles. The van der Waals surface area contributed by atoms with Gasteiger partial charge in [-0.1, -0.05) is 11.6 Å². The fourth-order valence-corrected chi connectivity index (χ4v) is 2.05. The van der Waals surface area contributed by atoms with E-state index in [1.807, 2.05) is 6.07 Å². The Morgan fingerprint density at radius 2 is 2.35 bits per heavy atom. The predicted molar refractivity (Wildman–Crippen MR) is 68.6 cm³/mol. The summed E-state index contributed by atoms with van der Waals surface area (Å²) < 4.78 is 0.685. The average molecular weight is 266 g/mol. The molecule has 0 radical (unpaired) electrons. The Bertz CT molecular complexity index is 539. The number of halogens is 1. The van der Waals surface area contributed by atoms with Crippen molar-refractivity contribution >= 4 is 35.1 Å². The van der Waals surface area contributed by atoms with Crippen molar-refractivity contribution in [1.29, 1.82) is 0 Å². The minimum Gasteiger partial charge on any atom is -0.267 e. The lowest BCUT2D eigenvalue weighted by atomic mass is 10.3. The molecule has 2 aromatic rings.